The summed E-state index contributed by atoms with van der Waals surface area (Å²) in [6, 6.07) is 5.13. The zero-order valence-corrected chi connectivity index (χ0v) is 11.9. The lowest BCUT2D eigenvalue weighted by atomic mass is 10.0. The lowest BCUT2D eigenvalue weighted by Crippen LogP contribution is -2.29. The monoisotopic (exact) mass is 309 g/mol. The number of alkyl halides is 1. The van der Waals surface area contributed by atoms with Crippen molar-refractivity contribution in [3.63, 3.8) is 0 Å². The number of carbonyl (C=O) groups excluding carboxylic acids is 1. The molecule has 1 unspecified atom stereocenters. The number of pyridine rings is 1. The van der Waals surface area contributed by atoms with Crippen LogP contribution in [0.15, 0.2) is 18.3 Å². The van der Waals surface area contributed by atoms with E-state index in [0.717, 1.165) is 18.2 Å². The van der Waals surface area contributed by atoms with Crippen LogP contribution in [0.4, 0.5) is 0 Å². The van der Waals surface area contributed by atoms with Crippen LogP contribution < -0.4 is 5.32 Å². The highest BCUT2D eigenvalue weighted by Crippen LogP contribution is 2.09. The molecule has 4 nitrogen and oxygen atoms in total. The quantitative estimate of drug-likeness (QED) is 0.821. The molecule has 18 heavy (non-hydrogen) atoms. The molecule has 0 spiro atoms. The smallest absolute Gasteiger partial charge is 0.269 e. The summed E-state index contributed by atoms with van der Waals surface area (Å²) in [7, 11) is 0. The molecule has 0 radical (unpaired) electrons. The highest BCUT2D eigenvalue weighted by molar-refractivity contribution is 9.09. The van der Waals surface area contributed by atoms with Crippen LogP contribution in [0, 0.1) is 17.2 Å². The molecule has 96 valence electrons. The summed E-state index contributed by atoms with van der Waals surface area (Å²) in [5.41, 5.74) is 0.806. The first kappa shape index (κ1) is 14.7. The third-order valence-corrected chi connectivity index (χ3v) is 3.23. The topological polar surface area (TPSA) is 65.8 Å². The maximum atomic E-state index is 11.8. The van der Waals surface area contributed by atoms with Gasteiger partial charge in [-0.2, -0.15) is 5.26 Å². The predicted octanol–water partition coefficient (Wildman–Crippen LogP) is 2.49. The zero-order valence-electron chi connectivity index (χ0n) is 10.3. The lowest BCUT2D eigenvalue weighted by molar-refractivity contribution is 0.0941. The summed E-state index contributed by atoms with van der Waals surface area (Å²) in [6.45, 7) is 2.77. The van der Waals surface area contributed by atoms with Crippen molar-refractivity contribution in [3.05, 3.63) is 29.6 Å². The Labute approximate surface area is 116 Å². The number of amides is 1. The fraction of sp³-hybridized carbons (Fsp3) is 0.462. The SMILES string of the molecule is CCC(CCBr)CNC(=O)c1ccc(C#N)cn1. The van der Waals surface area contributed by atoms with E-state index in [9.17, 15) is 4.79 Å². The van der Waals surface area contributed by atoms with Crippen LogP contribution in [0.2, 0.25) is 0 Å². The van der Waals surface area contributed by atoms with Crippen LogP contribution >= 0.6 is 15.9 Å². The van der Waals surface area contributed by atoms with Gasteiger partial charge < -0.3 is 5.32 Å². The van der Waals surface area contributed by atoms with E-state index in [1.54, 1.807) is 12.1 Å². The molecule has 1 atom stereocenters. The van der Waals surface area contributed by atoms with Gasteiger partial charge in [-0.25, -0.2) is 4.98 Å². The minimum absolute atomic E-state index is 0.187. The highest BCUT2D eigenvalue weighted by atomic mass is 79.9. The highest BCUT2D eigenvalue weighted by Gasteiger charge is 2.10. The molecule has 5 heteroatoms. The molecule has 0 bridgehead atoms. The van der Waals surface area contributed by atoms with Gasteiger partial charge in [0, 0.05) is 18.1 Å². The Kier molecular flexibility index (Phi) is 6.37. The summed E-state index contributed by atoms with van der Waals surface area (Å²) in [6.07, 6.45) is 3.48. The van der Waals surface area contributed by atoms with Crippen LogP contribution in [0.1, 0.15) is 35.8 Å². The second kappa shape index (κ2) is 7.83. The molecule has 1 aromatic heterocycles. The average Bonchev–Trinajstić information content (AvgIpc) is 2.43. The Hall–Kier alpha value is -1.41. The fourth-order valence-corrected chi connectivity index (χ4v) is 2.17. The van der Waals surface area contributed by atoms with Crippen LogP contribution in [0.3, 0.4) is 0 Å². The summed E-state index contributed by atoms with van der Waals surface area (Å²) in [5.74, 6) is 0.291. The van der Waals surface area contributed by atoms with Crippen molar-refractivity contribution in [2.24, 2.45) is 5.92 Å². The van der Waals surface area contributed by atoms with E-state index in [2.05, 4.69) is 33.2 Å². The number of carbonyl (C=O) groups is 1. The van der Waals surface area contributed by atoms with E-state index in [1.165, 1.54) is 6.20 Å². The third-order valence-electron chi connectivity index (χ3n) is 2.77. The average molecular weight is 310 g/mol. The van der Waals surface area contributed by atoms with Gasteiger partial charge in [0.2, 0.25) is 0 Å². The normalized spacial score (nSPS) is 11.6. The Morgan fingerprint density at radius 2 is 2.39 bits per heavy atom. The molecule has 0 saturated carbocycles. The second-order valence-electron chi connectivity index (χ2n) is 4.01. The number of hydrogen-bond acceptors (Lipinski definition) is 3. The molecule has 0 aliphatic carbocycles. The molecule has 1 amide bonds. The summed E-state index contributed by atoms with van der Waals surface area (Å²) in [4.78, 5) is 15.8. The Morgan fingerprint density at radius 3 is 2.89 bits per heavy atom. The molecule has 1 N–H and O–H groups in total. The van der Waals surface area contributed by atoms with Crippen LogP contribution in [-0.4, -0.2) is 22.8 Å². The summed E-state index contributed by atoms with van der Waals surface area (Å²) >= 11 is 3.40. The fourth-order valence-electron chi connectivity index (χ4n) is 1.53. The maximum absolute atomic E-state index is 11.8. The number of nitrogens with one attached hydrogen (secondary N) is 1. The molecule has 0 saturated heterocycles. The van der Waals surface area contributed by atoms with E-state index in [-0.39, 0.29) is 5.91 Å². The van der Waals surface area contributed by atoms with Gasteiger partial charge in [0.1, 0.15) is 11.8 Å². The Balaban J connectivity index is 2.52. The first-order valence-electron chi connectivity index (χ1n) is 5.91. The van der Waals surface area contributed by atoms with E-state index < -0.39 is 0 Å². The number of aromatic nitrogens is 1. The molecule has 1 heterocycles. The van der Waals surface area contributed by atoms with E-state index in [0.29, 0.717) is 23.7 Å². The van der Waals surface area contributed by atoms with Crippen LogP contribution in [-0.2, 0) is 0 Å². The molecule has 1 rings (SSSR count). The number of hydrogen-bond donors (Lipinski definition) is 1. The van der Waals surface area contributed by atoms with Gasteiger partial charge in [0.25, 0.3) is 5.91 Å². The number of nitriles is 1. The van der Waals surface area contributed by atoms with Gasteiger partial charge in [-0.05, 0) is 24.5 Å². The molecule has 0 fully saturated rings. The van der Waals surface area contributed by atoms with Gasteiger partial charge in [-0.3, -0.25) is 4.79 Å². The molecule has 0 aliphatic heterocycles. The molecular formula is C13H16BrN3O. The maximum Gasteiger partial charge on any atom is 0.269 e. The largest absolute Gasteiger partial charge is 0.350 e. The van der Waals surface area contributed by atoms with Gasteiger partial charge in [0.05, 0.1) is 5.56 Å². The van der Waals surface area contributed by atoms with E-state index in [1.807, 2.05) is 6.07 Å². The van der Waals surface area contributed by atoms with Crippen molar-refractivity contribution in [2.45, 2.75) is 19.8 Å². The number of nitrogens with zero attached hydrogens (tertiary/aromatic N) is 2. The molecular weight excluding hydrogens is 294 g/mol. The van der Waals surface area contributed by atoms with Crippen LogP contribution in [0.25, 0.3) is 0 Å². The first-order chi connectivity index (χ1) is 8.71. The number of halogens is 1. The van der Waals surface area contributed by atoms with Crippen molar-refractivity contribution >= 4 is 21.8 Å². The third kappa shape index (κ3) is 4.46. The van der Waals surface area contributed by atoms with Crippen molar-refractivity contribution in [2.75, 3.05) is 11.9 Å². The van der Waals surface area contributed by atoms with Crippen molar-refractivity contribution in [1.29, 1.82) is 5.26 Å². The van der Waals surface area contributed by atoms with Crippen LogP contribution in [0.5, 0.6) is 0 Å². The predicted molar refractivity (Wildman–Crippen MR) is 73.5 cm³/mol. The van der Waals surface area contributed by atoms with Gasteiger partial charge in [0.15, 0.2) is 0 Å². The summed E-state index contributed by atoms with van der Waals surface area (Å²) < 4.78 is 0. The number of rotatable bonds is 6. The van der Waals surface area contributed by atoms with Gasteiger partial charge in [-0.15, -0.1) is 0 Å². The Bertz CT molecular complexity index is 425. The van der Waals surface area contributed by atoms with Crippen molar-refractivity contribution < 1.29 is 4.79 Å². The van der Waals surface area contributed by atoms with E-state index in [4.69, 9.17) is 5.26 Å². The summed E-state index contributed by atoms with van der Waals surface area (Å²) in [5, 5.41) is 12.4. The molecule has 0 aliphatic rings. The Morgan fingerprint density at radius 1 is 1.61 bits per heavy atom. The standard InChI is InChI=1S/C13H16BrN3O/c1-2-10(5-6-14)8-17-13(18)12-4-3-11(7-15)9-16-12/h3-4,9-10H,2,5-6,8H2,1H3,(H,17,18). The van der Waals surface area contributed by atoms with E-state index >= 15 is 0 Å². The van der Waals surface area contributed by atoms with Gasteiger partial charge in [-0.1, -0.05) is 29.3 Å². The minimum Gasteiger partial charge on any atom is -0.350 e. The molecule has 1 aromatic rings. The van der Waals surface area contributed by atoms with Gasteiger partial charge >= 0.3 is 0 Å². The molecule has 0 aromatic carbocycles. The van der Waals surface area contributed by atoms with Crippen molar-refractivity contribution in [1.82, 2.24) is 10.3 Å². The second-order valence-corrected chi connectivity index (χ2v) is 4.80. The van der Waals surface area contributed by atoms with Crippen molar-refractivity contribution in [3.8, 4) is 6.07 Å². The lowest BCUT2D eigenvalue weighted by Gasteiger charge is -2.13. The minimum atomic E-state index is -0.187. The first-order valence-corrected chi connectivity index (χ1v) is 7.03. The zero-order chi connectivity index (χ0) is 13.4.